The predicted molar refractivity (Wildman–Crippen MR) is 102 cm³/mol. The van der Waals surface area contributed by atoms with Crippen molar-refractivity contribution in [3.8, 4) is 22.6 Å². The highest BCUT2D eigenvalue weighted by molar-refractivity contribution is 7.90. The molecular weight excluding hydrogens is 368 g/mol. The van der Waals surface area contributed by atoms with Gasteiger partial charge in [-0.1, -0.05) is 12.1 Å². The predicted octanol–water partition coefficient (Wildman–Crippen LogP) is 3.15. The lowest BCUT2D eigenvalue weighted by Gasteiger charge is -2.25. The number of rotatable bonds is 6. The topological polar surface area (TPSA) is 78.9 Å². The number of carbonyl (C=O) groups excluding carboxylic acids is 1. The summed E-state index contributed by atoms with van der Waals surface area (Å²) in [5, 5.41) is 0. The molecule has 2 aromatic rings. The molecular formula is C20H22O6S. The van der Waals surface area contributed by atoms with E-state index in [0.717, 1.165) is 22.3 Å². The molecule has 0 saturated carbocycles. The Hall–Kier alpha value is -2.54. The van der Waals surface area contributed by atoms with E-state index >= 15 is 0 Å². The number of benzene rings is 2. The van der Waals surface area contributed by atoms with Gasteiger partial charge in [-0.15, -0.1) is 0 Å². The Morgan fingerprint density at radius 3 is 2.74 bits per heavy atom. The maximum Gasteiger partial charge on any atom is 0.341 e. The molecule has 0 atom stereocenters. The van der Waals surface area contributed by atoms with Gasteiger partial charge in [0, 0.05) is 17.4 Å². The molecule has 0 saturated heterocycles. The number of fused-ring (bicyclic) bond motifs is 3. The molecule has 1 aliphatic rings. The molecule has 27 heavy (non-hydrogen) atoms. The van der Waals surface area contributed by atoms with Crippen LogP contribution in [0, 0.1) is 6.92 Å². The summed E-state index contributed by atoms with van der Waals surface area (Å²) in [4.78, 5) is 12.0. The van der Waals surface area contributed by atoms with Crippen LogP contribution in [0.3, 0.4) is 0 Å². The summed E-state index contributed by atoms with van der Waals surface area (Å²) in [6, 6.07) is 9.22. The maximum absolute atomic E-state index is 12.0. The first-order valence-corrected chi connectivity index (χ1v) is 10.6. The Labute approximate surface area is 159 Å². The molecule has 7 heteroatoms. The molecule has 0 aromatic heterocycles. The molecule has 0 radical (unpaired) electrons. The summed E-state index contributed by atoms with van der Waals surface area (Å²) in [6.45, 7) is 2.62. The van der Waals surface area contributed by atoms with E-state index in [1.54, 1.807) is 12.1 Å². The van der Waals surface area contributed by atoms with Gasteiger partial charge in [-0.3, -0.25) is 0 Å². The largest absolute Gasteiger partial charge is 0.494 e. The molecule has 144 valence electrons. The van der Waals surface area contributed by atoms with Gasteiger partial charge < -0.3 is 14.2 Å². The second-order valence-corrected chi connectivity index (χ2v) is 8.83. The van der Waals surface area contributed by atoms with E-state index in [2.05, 4.69) is 0 Å². The highest BCUT2D eigenvalue weighted by atomic mass is 32.2. The van der Waals surface area contributed by atoms with Crippen LogP contribution in [-0.2, 0) is 21.2 Å². The number of carbonyl (C=O) groups is 1. The number of methoxy groups -OCH3 is 1. The Balaban J connectivity index is 1.87. The Kier molecular flexibility index (Phi) is 5.41. The average molecular weight is 390 g/mol. The minimum absolute atomic E-state index is 0.101. The molecule has 0 bridgehead atoms. The molecule has 0 aliphatic carbocycles. The van der Waals surface area contributed by atoms with E-state index in [-0.39, 0.29) is 5.75 Å². The van der Waals surface area contributed by atoms with Crippen LogP contribution in [0.5, 0.6) is 11.5 Å². The van der Waals surface area contributed by atoms with Crippen molar-refractivity contribution in [3.63, 3.8) is 0 Å². The fourth-order valence-electron chi connectivity index (χ4n) is 3.23. The fraction of sp³-hybridized carbons (Fsp3) is 0.350. The van der Waals surface area contributed by atoms with Crippen molar-refractivity contribution in [1.82, 2.24) is 0 Å². The van der Waals surface area contributed by atoms with E-state index in [0.29, 0.717) is 36.7 Å². The lowest BCUT2D eigenvalue weighted by molar-refractivity contribution is 0.0595. The summed E-state index contributed by atoms with van der Waals surface area (Å²) in [5.74, 6) is 0.875. The fourth-order valence-corrected chi connectivity index (χ4v) is 3.87. The molecule has 0 amide bonds. The maximum atomic E-state index is 12.0. The minimum Gasteiger partial charge on any atom is -0.494 e. The molecule has 3 rings (SSSR count). The number of para-hydroxylation sites is 1. The van der Waals surface area contributed by atoms with Gasteiger partial charge in [-0.05, 0) is 42.7 Å². The highest BCUT2D eigenvalue weighted by Gasteiger charge is 2.25. The smallest absolute Gasteiger partial charge is 0.341 e. The Morgan fingerprint density at radius 2 is 2.04 bits per heavy atom. The van der Waals surface area contributed by atoms with Crippen molar-refractivity contribution in [1.29, 1.82) is 0 Å². The van der Waals surface area contributed by atoms with Crippen molar-refractivity contribution in [2.45, 2.75) is 20.0 Å². The second kappa shape index (κ2) is 7.60. The zero-order valence-electron chi connectivity index (χ0n) is 15.6. The van der Waals surface area contributed by atoms with Gasteiger partial charge in [0.2, 0.25) is 0 Å². The van der Waals surface area contributed by atoms with Gasteiger partial charge in [0.15, 0.2) is 0 Å². The van der Waals surface area contributed by atoms with Crippen LogP contribution in [0.2, 0.25) is 0 Å². The van der Waals surface area contributed by atoms with Gasteiger partial charge in [-0.25, -0.2) is 13.2 Å². The third-order valence-corrected chi connectivity index (χ3v) is 5.41. The van der Waals surface area contributed by atoms with Crippen molar-refractivity contribution in [2.75, 3.05) is 25.7 Å². The monoisotopic (exact) mass is 390 g/mol. The molecule has 6 nitrogen and oxygen atoms in total. The van der Waals surface area contributed by atoms with Crippen LogP contribution in [0.4, 0.5) is 0 Å². The van der Waals surface area contributed by atoms with Crippen LogP contribution in [0.25, 0.3) is 11.1 Å². The minimum atomic E-state index is -2.99. The molecule has 0 spiro atoms. The first kappa shape index (κ1) is 19.2. The lowest BCUT2D eigenvalue weighted by Crippen LogP contribution is -2.13. The second-order valence-electron chi connectivity index (χ2n) is 6.57. The van der Waals surface area contributed by atoms with Crippen molar-refractivity contribution >= 4 is 15.8 Å². The third-order valence-electron chi connectivity index (χ3n) is 4.38. The van der Waals surface area contributed by atoms with Gasteiger partial charge in [0.1, 0.15) is 33.5 Å². The summed E-state index contributed by atoms with van der Waals surface area (Å²) in [6.07, 6.45) is 1.66. The molecule has 0 N–H and O–H groups in total. The van der Waals surface area contributed by atoms with Crippen molar-refractivity contribution < 1.29 is 27.4 Å². The number of hydrogen-bond acceptors (Lipinski definition) is 6. The number of sulfone groups is 1. The van der Waals surface area contributed by atoms with E-state index in [1.807, 2.05) is 25.1 Å². The summed E-state index contributed by atoms with van der Waals surface area (Å²) >= 11 is 0. The third kappa shape index (κ3) is 4.24. The first-order chi connectivity index (χ1) is 12.8. The molecule has 0 fully saturated rings. The number of ether oxygens (including phenoxy) is 3. The zero-order valence-corrected chi connectivity index (χ0v) is 16.4. The number of esters is 1. The van der Waals surface area contributed by atoms with E-state index in [9.17, 15) is 13.2 Å². The molecule has 1 aliphatic heterocycles. The highest BCUT2D eigenvalue weighted by Crippen LogP contribution is 2.43. The summed E-state index contributed by atoms with van der Waals surface area (Å²) < 4.78 is 38.8. The van der Waals surface area contributed by atoms with Crippen LogP contribution >= 0.6 is 0 Å². The van der Waals surface area contributed by atoms with Crippen molar-refractivity contribution in [2.24, 2.45) is 0 Å². The average Bonchev–Trinajstić information content (AvgIpc) is 2.62. The summed E-state index contributed by atoms with van der Waals surface area (Å²) in [5.41, 5.74) is 4.23. The molecule has 0 unspecified atom stereocenters. The van der Waals surface area contributed by atoms with Gasteiger partial charge in [0.25, 0.3) is 0 Å². The van der Waals surface area contributed by atoms with E-state index in [4.69, 9.17) is 14.2 Å². The van der Waals surface area contributed by atoms with Crippen LogP contribution in [-0.4, -0.2) is 40.1 Å². The SMILES string of the molecule is COC(=O)c1cccc2c1OCc1cc(OCCCS(C)(=O)=O)cc(C)c1-2. The number of aryl methyl sites for hydroxylation is 1. The number of hydrogen-bond donors (Lipinski definition) is 0. The van der Waals surface area contributed by atoms with Crippen LogP contribution < -0.4 is 9.47 Å². The first-order valence-electron chi connectivity index (χ1n) is 8.58. The van der Waals surface area contributed by atoms with Crippen LogP contribution in [0.15, 0.2) is 30.3 Å². The lowest BCUT2D eigenvalue weighted by atomic mass is 9.91. The Bertz CT molecular complexity index is 978. The Morgan fingerprint density at radius 1 is 1.26 bits per heavy atom. The van der Waals surface area contributed by atoms with Crippen LogP contribution in [0.1, 0.15) is 27.9 Å². The molecule has 2 aromatic carbocycles. The van der Waals surface area contributed by atoms with E-state index < -0.39 is 15.8 Å². The van der Waals surface area contributed by atoms with Gasteiger partial charge in [0.05, 0.1) is 19.5 Å². The standard InChI is InChI=1S/C20H22O6S/c1-13-10-15(25-8-5-9-27(3,22)23)11-14-12-26-19-16(18(13)14)6-4-7-17(19)20(21)24-2/h4,6-7,10-11H,5,8-9,12H2,1-3H3. The van der Waals surface area contributed by atoms with E-state index in [1.165, 1.54) is 13.4 Å². The summed E-state index contributed by atoms with van der Waals surface area (Å²) in [7, 11) is -1.64. The van der Waals surface area contributed by atoms with Gasteiger partial charge >= 0.3 is 5.97 Å². The molecule has 1 heterocycles. The van der Waals surface area contributed by atoms with Gasteiger partial charge in [-0.2, -0.15) is 0 Å². The van der Waals surface area contributed by atoms with Crippen molar-refractivity contribution in [3.05, 3.63) is 47.0 Å². The zero-order chi connectivity index (χ0) is 19.6. The normalized spacial score (nSPS) is 12.6. The quantitative estimate of drug-likeness (QED) is 0.557.